The number of aromatic nitrogens is 2. The van der Waals surface area contributed by atoms with Gasteiger partial charge in [0.2, 0.25) is 5.88 Å². The van der Waals surface area contributed by atoms with Gasteiger partial charge in [0.1, 0.15) is 0 Å². The van der Waals surface area contributed by atoms with Gasteiger partial charge in [0.15, 0.2) is 0 Å². The predicted octanol–water partition coefficient (Wildman–Crippen LogP) is 2.74. The topological polar surface area (TPSA) is 73.1 Å². The monoisotopic (exact) mass is 312 g/mol. The highest BCUT2D eigenvalue weighted by atomic mass is 16.5. The molecule has 1 atom stereocenters. The maximum absolute atomic E-state index is 6.06. The minimum atomic E-state index is 0.408. The second kappa shape index (κ2) is 5.96. The molecule has 1 aliphatic heterocycles. The van der Waals surface area contributed by atoms with Crippen LogP contribution >= 0.6 is 0 Å². The molecule has 1 fully saturated rings. The van der Waals surface area contributed by atoms with E-state index in [4.69, 9.17) is 10.5 Å². The zero-order chi connectivity index (χ0) is 15.8. The molecular weight excluding hydrogens is 288 g/mol. The van der Waals surface area contributed by atoms with Crippen molar-refractivity contribution in [3.8, 4) is 5.88 Å². The summed E-state index contributed by atoms with van der Waals surface area (Å²) in [5.74, 6) is 2.08. The summed E-state index contributed by atoms with van der Waals surface area (Å²) in [6.45, 7) is 1.03. The first kappa shape index (κ1) is 14.7. The van der Waals surface area contributed by atoms with Gasteiger partial charge in [0.25, 0.3) is 0 Å². The van der Waals surface area contributed by atoms with E-state index in [0.29, 0.717) is 17.8 Å². The molecule has 0 saturated heterocycles. The first-order chi connectivity index (χ1) is 11.2. The van der Waals surface area contributed by atoms with Gasteiger partial charge in [0, 0.05) is 24.2 Å². The quantitative estimate of drug-likeness (QED) is 0.892. The molecule has 122 valence electrons. The second-order valence-electron chi connectivity index (χ2n) is 6.89. The SMILES string of the molecule is COc1ccc2ncc3c(c2n1)CC([C@H]1CC[C@H](N)CC1)CN3. The molecule has 0 radical (unpaired) electrons. The number of pyridine rings is 2. The summed E-state index contributed by atoms with van der Waals surface area (Å²) in [6.07, 6.45) is 7.85. The molecule has 5 nitrogen and oxygen atoms in total. The molecular formula is C18H24N4O. The first-order valence-corrected chi connectivity index (χ1v) is 8.56. The van der Waals surface area contributed by atoms with Crippen LogP contribution in [0.3, 0.4) is 0 Å². The number of ether oxygens (including phenoxy) is 1. The number of nitrogens with two attached hydrogens (primary N) is 1. The molecule has 2 aromatic rings. The fraction of sp³-hybridized carbons (Fsp3) is 0.556. The highest BCUT2D eigenvalue weighted by molar-refractivity contribution is 5.83. The average molecular weight is 312 g/mol. The number of hydrogen-bond donors (Lipinski definition) is 2. The summed E-state index contributed by atoms with van der Waals surface area (Å²) >= 11 is 0. The lowest BCUT2D eigenvalue weighted by Crippen LogP contribution is -2.35. The third-order valence-corrected chi connectivity index (χ3v) is 5.51. The van der Waals surface area contributed by atoms with E-state index in [2.05, 4.69) is 15.3 Å². The third kappa shape index (κ3) is 2.74. The molecule has 3 heterocycles. The summed E-state index contributed by atoms with van der Waals surface area (Å²) < 4.78 is 5.30. The van der Waals surface area contributed by atoms with Gasteiger partial charge in [0.05, 0.1) is 30.0 Å². The average Bonchev–Trinajstić information content (AvgIpc) is 2.61. The molecule has 23 heavy (non-hydrogen) atoms. The normalized spacial score (nSPS) is 27.3. The molecule has 1 aliphatic carbocycles. The number of nitrogens with one attached hydrogen (secondary N) is 1. The maximum Gasteiger partial charge on any atom is 0.213 e. The Hall–Kier alpha value is -1.88. The molecule has 1 unspecified atom stereocenters. The second-order valence-corrected chi connectivity index (χ2v) is 6.89. The lowest BCUT2D eigenvalue weighted by molar-refractivity contribution is 0.237. The lowest BCUT2D eigenvalue weighted by atomic mass is 9.75. The van der Waals surface area contributed by atoms with Crippen LogP contribution in [0.5, 0.6) is 5.88 Å². The highest BCUT2D eigenvalue weighted by Crippen LogP contribution is 2.37. The van der Waals surface area contributed by atoms with Crippen LogP contribution in [0, 0.1) is 11.8 Å². The van der Waals surface area contributed by atoms with Crippen molar-refractivity contribution in [2.24, 2.45) is 17.6 Å². The van der Waals surface area contributed by atoms with Gasteiger partial charge in [-0.25, -0.2) is 4.98 Å². The van der Waals surface area contributed by atoms with E-state index in [9.17, 15) is 0 Å². The van der Waals surface area contributed by atoms with Crippen LogP contribution in [-0.4, -0.2) is 29.7 Å². The highest BCUT2D eigenvalue weighted by Gasteiger charge is 2.30. The molecule has 4 rings (SSSR count). The van der Waals surface area contributed by atoms with Gasteiger partial charge in [-0.2, -0.15) is 0 Å². The van der Waals surface area contributed by atoms with Crippen molar-refractivity contribution in [2.45, 2.75) is 38.1 Å². The zero-order valence-corrected chi connectivity index (χ0v) is 13.6. The molecule has 2 aliphatic rings. The number of hydrogen-bond acceptors (Lipinski definition) is 5. The van der Waals surface area contributed by atoms with Gasteiger partial charge >= 0.3 is 0 Å². The largest absolute Gasteiger partial charge is 0.481 e. The van der Waals surface area contributed by atoms with Crippen molar-refractivity contribution in [2.75, 3.05) is 19.0 Å². The number of anilines is 1. The molecule has 0 aromatic carbocycles. The lowest BCUT2D eigenvalue weighted by Gasteiger charge is -2.36. The predicted molar refractivity (Wildman–Crippen MR) is 91.7 cm³/mol. The Morgan fingerprint density at radius 3 is 2.78 bits per heavy atom. The molecule has 0 amide bonds. The van der Waals surface area contributed by atoms with Crippen LogP contribution in [0.15, 0.2) is 18.3 Å². The molecule has 0 spiro atoms. The van der Waals surface area contributed by atoms with Gasteiger partial charge in [-0.1, -0.05) is 0 Å². The van der Waals surface area contributed by atoms with Crippen molar-refractivity contribution in [3.05, 3.63) is 23.9 Å². The fourth-order valence-corrected chi connectivity index (χ4v) is 4.10. The van der Waals surface area contributed by atoms with Gasteiger partial charge in [-0.3, -0.25) is 4.98 Å². The Bertz CT molecular complexity index is 704. The Kier molecular flexibility index (Phi) is 3.81. The van der Waals surface area contributed by atoms with E-state index >= 15 is 0 Å². The molecule has 2 aromatic heterocycles. The van der Waals surface area contributed by atoms with Crippen molar-refractivity contribution < 1.29 is 4.74 Å². The molecule has 1 saturated carbocycles. The van der Waals surface area contributed by atoms with Crippen LogP contribution < -0.4 is 15.8 Å². The Morgan fingerprint density at radius 2 is 2.00 bits per heavy atom. The number of rotatable bonds is 2. The number of nitrogens with zero attached hydrogens (tertiary/aromatic N) is 2. The standard InChI is InChI=1S/C18H24N4O/c1-23-17-7-6-15-18(22-17)14-8-12(9-20-16(14)10-21-15)11-2-4-13(19)5-3-11/h6-7,10-13,20H,2-5,8-9,19H2,1H3/t11-,12?,13-. The Labute approximate surface area is 136 Å². The zero-order valence-electron chi connectivity index (χ0n) is 13.6. The van der Waals surface area contributed by atoms with E-state index in [1.807, 2.05) is 18.3 Å². The van der Waals surface area contributed by atoms with Gasteiger partial charge in [-0.15, -0.1) is 0 Å². The summed E-state index contributed by atoms with van der Waals surface area (Å²) in [4.78, 5) is 9.17. The number of fused-ring (bicyclic) bond motifs is 3. The molecule has 3 N–H and O–H groups in total. The van der Waals surface area contributed by atoms with Gasteiger partial charge in [-0.05, 0) is 50.0 Å². The third-order valence-electron chi connectivity index (χ3n) is 5.51. The first-order valence-electron chi connectivity index (χ1n) is 8.56. The summed E-state index contributed by atoms with van der Waals surface area (Å²) in [7, 11) is 1.66. The molecule has 0 bridgehead atoms. The maximum atomic E-state index is 6.06. The van der Waals surface area contributed by atoms with Crippen LogP contribution in [0.25, 0.3) is 11.0 Å². The smallest absolute Gasteiger partial charge is 0.213 e. The minimum absolute atomic E-state index is 0.408. The Balaban J connectivity index is 1.65. The van der Waals surface area contributed by atoms with E-state index < -0.39 is 0 Å². The number of methoxy groups -OCH3 is 1. The minimum Gasteiger partial charge on any atom is -0.481 e. The summed E-state index contributed by atoms with van der Waals surface area (Å²) in [6, 6.07) is 4.27. The summed E-state index contributed by atoms with van der Waals surface area (Å²) in [5.41, 5.74) is 10.4. The Morgan fingerprint density at radius 1 is 1.17 bits per heavy atom. The van der Waals surface area contributed by atoms with Crippen molar-refractivity contribution in [1.29, 1.82) is 0 Å². The van der Waals surface area contributed by atoms with Crippen molar-refractivity contribution in [1.82, 2.24) is 9.97 Å². The van der Waals surface area contributed by atoms with Crippen LogP contribution in [-0.2, 0) is 6.42 Å². The summed E-state index contributed by atoms with van der Waals surface area (Å²) in [5, 5.41) is 3.58. The van der Waals surface area contributed by atoms with Crippen molar-refractivity contribution >= 4 is 16.7 Å². The fourth-order valence-electron chi connectivity index (χ4n) is 4.10. The molecule has 5 heteroatoms. The van der Waals surface area contributed by atoms with E-state index in [1.54, 1.807) is 7.11 Å². The van der Waals surface area contributed by atoms with Gasteiger partial charge < -0.3 is 15.8 Å². The van der Waals surface area contributed by atoms with E-state index in [-0.39, 0.29) is 0 Å². The van der Waals surface area contributed by atoms with E-state index in [0.717, 1.165) is 48.4 Å². The van der Waals surface area contributed by atoms with E-state index in [1.165, 1.54) is 18.4 Å². The van der Waals surface area contributed by atoms with Crippen LogP contribution in [0.4, 0.5) is 5.69 Å². The van der Waals surface area contributed by atoms with Crippen LogP contribution in [0.1, 0.15) is 31.2 Å². The van der Waals surface area contributed by atoms with Crippen LogP contribution in [0.2, 0.25) is 0 Å². The van der Waals surface area contributed by atoms with Crippen molar-refractivity contribution in [3.63, 3.8) is 0 Å².